The molecule has 0 atom stereocenters. The molecule has 1 aromatic rings. The number of amides is 1. The third-order valence-electron chi connectivity index (χ3n) is 3.34. The first kappa shape index (κ1) is 19.6. The third-order valence-corrected chi connectivity index (χ3v) is 5.17. The van der Waals surface area contributed by atoms with Crippen molar-refractivity contribution < 1.29 is 13.2 Å². The zero-order valence-corrected chi connectivity index (χ0v) is 15.7. The lowest BCUT2D eigenvalue weighted by molar-refractivity contribution is 0.0715. The number of rotatable bonds is 7. The molecule has 0 fully saturated rings. The summed E-state index contributed by atoms with van der Waals surface area (Å²) in [7, 11) is -0.494. The number of hydrogen-bond donors (Lipinski definition) is 0. The Morgan fingerprint density at radius 2 is 1.39 bits per heavy atom. The van der Waals surface area contributed by atoms with Crippen molar-refractivity contribution >= 4 is 15.9 Å². The summed E-state index contributed by atoms with van der Waals surface area (Å²) in [5.41, 5.74) is 0.518. The molecule has 130 valence electrons. The van der Waals surface area contributed by atoms with Gasteiger partial charge in [0.25, 0.3) is 5.91 Å². The molecule has 0 saturated heterocycles. The van der Waals surface area contributed by atoms with E-state index in [1.807, 2.05) is 4.90 Å². The van der Waals surface area contributed by atoms with Crippen LogP contribution in [0, 0.1) is 11.8 Å². The molecule has 0 N–H and O–H groups in total. The van der Waals surface area contributed by atoms with Crippen LogP contribution in [0.4, 0.5) is 0 Å². The summed E-state index contributed by atoms with van der Waals surface area (Å²) in [6.45, 7) is 9.69. The Bertz CT molecular complexity index is 610. The molecule has 0 unspecified atom stereocenters. The Morgan fingerprint density at radius 1 is 0.957 bits per heavy atom. The van der Waals surface area contributed by atoms with Crippen molar-refractivity contribution in [1.29, 1.82) is 0 Å². The number of carbonyl (C=O) groups is 1. The summed E-state index contributed by atoms with van der Waals surface area (Å²) in [5, 5.41) is 0. The molecule has 0 aromatic heterocycles. The molecule has 1 aromatic carbocycles. The van der Waals surface area contributed by atoms with Gasteiger partial charge in [-0.1, -0.05) is 27.7 Å². The van der Waals surface area contributed by atoms with Crippen molar-refractivity contribution in [2.75, 3.05) is 27.2 Å². The Balaban J connectivity index is 3.03. The van der Waals surface area contributed by atoms with E-state index in [4.69, 9.17) is 0 Å². The van der Waals surface area contributed by atoms with E-state index in [2.05, 4.69) is 27.7 Å². The van der Waals surface area contributed by atoms with E-state index in [1.54, 1.807) is 12.1 Å². The lowest BCUT2D eigenvalue weighted by atomic mass is 10.1. The topological polar surface area (TPSA) is 57.7 Å². The van der Waals surface area contributed by atoms with Crippen LogP contribution in [0.2, 0.25) is 0 Å². The second-order valence-corrected chi connectivity index (χ2v) is 8.96. The van der Waals surface area contributed by atoms with Crippen molar-refractivity contribution in [2.24, 2.45) is 11.8 Å². The molecule has 6 heteroatoms. The highest BCUT2D eigenvalue weighted by Crippen LogP contribution is 2.16. The van der Waals surface area contributed by atoms with Gasteiger partial charge in [0.15, 0.2) is 0 Å². The summed E-state index contributed by atoms with van der Waals surface area (Å²) >= 11 is 0. The highest BCUT2D eigenvalue weighted by atomic mass is 32.2. The van der Waals surface area contributed by atoms with Gasteiger partial charge in [0, 0.05) is 32.7 Å². The van der Waals surface area contributed by atoms with Crippen LogP contribution in [-0.4, -0.2) is 50.7 Å². The van der Waals surface area contributed by atoms with Gasteiger partial charge >= 0.3 is 0 Å². The molecule has 0 heterocycles. The lowest BCUT2D eigenvalue weighted by Gasteiger charge is -2.26. The van der Waals surface area contributed by atoms with Crippen LogP contribution >= 0.6 is 0 Å². The Kier molecular flexibility index (Phi) is 6.77. The zero-order chi connectivity index (χ0) is 17.8. The smallest absolute Gasteiger partial charge is 0.253 e. The van der Waals surface area contributed by atoms with Crippen LogP contribution in [0.15, 0.2) is 29.2 Å². The molecule has 5 nitrogen and oxygen atoms in total. The SMILES string of the molecule is CC(C)CN(CC(C)C)C(=O)c1ccc(S(=O)(=O)N(C)C)cc1. The van der Waals surface area contributed by atoms with Crippen LogP contribution in [0.1, 0.15) is 38.1 Å². The third kappa shape index (κ3) is 5.32. The molecular formula is C17H28N2O3S. The van der Waals surface area contributed by atoms with Crippen molar-refractivity contribution in [3.63, 3.8) is 0 Å². The standard InChI is InChI=1S/C17H28N2O3S/c1-13(2)11-19(12-14(3)4)17(20)15-7-9-16(10-8-15)23(21,22)18(5)6/h7-10,13-14H,11-12H2,1-6H3. The molecule has 0 saturated carbocycles. The van der Waals surface area contributed by atoms with Gasteiger partial charge in [0.05, 0.1) is 4.90 Å². The van der Waals surface area contributed by atoms with Crippen molar-refractivity contribution in [3.05, 3.63) is 29.8 Å². The minimum Gasteiger partial charge on any atom is -0.338 e. The Hall–Kier alpha value is -1.40. The van der Waals surface area contributed by atoms with Gasteiger partial charge in [-0.3, -0.25) is 4.79 Å². The fraction of sp³-hybridized carbons (Fsp3) is 0.588. The first-order valence-electron chi connectivity index (χ1n) is 7.87. The van der Waals surface area contributed by atoms with Crippen molar-refractivity contribution in [1.82, 2.24) is 9.21 Å². The Labute approximate surface area is 140 Å². The summed E-state index contributed by atoms with van der Waals surface area (Å²) in [4.78, 5) is 14.7. The predicted molar refractivity (Wildman–Crippen MR) is 92.9 cm³/mol. The van der Waals surface area contributed by atoms with Gasteiger partial charge in [0.1, 0.15) is 0 Å². The van der Waals surface area contributed by atoms with Gasteiger partial charge in [-0.2, -0.15) is 0 Å². The quantitative estimate of drug-likeness (QED) is 0.767. The zero-order valence-electron chi connectivity index (χ0n) is 14.9. The highest BCUT2D eigenvalue weighted by Gasteiger charge is 2.20. The lowest BCUT2D eigenvalue weighted by Crippen LogP contribution is -2.37. The highest BCUT2D eigenvalue weighted by molar-refractivity contribution is 7.89. The van der Waals surface area contributed by atoms with Crippen LogP contribution in [0.3, 0.4) is 0 Å². The maximum atomic E-state index is 12.7. The molecule has 0 bridgehead atoms. The summed E-state index contributed by atoms with van der Waals surface area (Å²) in [6.07, 6.45) is 0. The van der Waals surface area contributed by atoms with Crippen LogP contribution < -0.4 is 0 Å². The fourth-order valence-electron chi connectivity index (χ4n) is 2.28. The number of benzene rings is 1. The maximum absolute atomic E-state index is 12.7. The monoisotopic (exact) mass is 340 g/mol. The van der Waals surface area contributed by atoms with E-state index in [9.17, 15) is 13.2 Å². The minimum absolute atomic E-state index is 0.0544. The van der Waals surface area contributed by atoms with Crippen LogP contribution in [0.25, 0.3) is 0 Å². The molecular weight excluding hydrogens is 312 g/mol. The molecule has 1 rings (SSSR count). The molecule has 1 amide bonds. The van der Waals surface area contributed by atoms with Crippen molar-refractivity contribution in [2.45, 2.75) is 32.6 Å². The molecule has 0 aliphatic carbocycles. The van der Waals surface area contributed by atoms with Gasteiger partial charge in [-0.25, -0.2) is 12.7 Å². The van der Waals surface area contributed by atoms with Gasteiger partial charge in [-0.05, 0) is 36.1 Å². The molecule has 23 heavy (non-hydrogen) atoms. The Morgan fingerprint density at radius 3 is 1.74 bits per heavy atom. The second-order valence-electron chi connectivity index (χ2n) is 6.81. The van der Waals surface area contributed by atoms with E-state index in [0.29, 0.717) is 30.5 Å². The molecule has 0 radical (unpaired) electrons. The van der Waals surface area contributed by atoms with Gasteiger partial charge in [-0.15, -0.1) is 0 Å². The van der Waals surface area contributed by atoms with E-state index in [1.165, 1.54) is 26.2 Å². The van der Waals surface area contributed by atoms with E-state index < -0.39 is 10.0 Å². The van der Waals surface area contributed by atoms with E-state index in [-0.39, 0.29) is 10.8 Å². The normalized spacial score (nSPS) is 12.2. The predicted octanol–water partition coefficient (Wildman–Crippen LogP) is 2.69. The van der Waals surface area contributed by atoms with Crippen LogP contribution in [0.5, 0.6) is 0 Å². The molecule has 0 aliphatic rings. The van der Waals surface area contributed by atoms with Gasteiger partial charge in [0.2, 0.25) is 10.0 Å². The van der Waals surface area contributed by atoms with Crippen molar-refractivity contribution in [3.8, 4) is 0 Å². The number of carbonyl (C=O) groups excluding carboxylic acids is 1. The number of nitrogens with zero attached hydrogens (tertiary/aromatic N) is 2. The first-order valence-corrected chi connectivity index (χ1v) is 9.31. The minimum atomic E-state index is -3.47. The molecule has 0 spiro atoms. The van der Waals surface area contributed by atoms with Crippen LogP contribution in [-0.2, 0) is 10.0 Å². The number of hydrogen-bond acceptors (Lipinski definition) is 3. The summed E-state index contributed by atoms with van der Waals surface area (Å²) in [5.74, 6) is 0.707. The van der Waals surface area contributed by atoms with E-state index in [0.717, 1.165) is 4.31 Å². The van der Waals surface area contributed by atoms with Gasteiger partial charge < -0.3 is 4.90 Å². The first-order chi connectivity index (χ1) is 10.6. The number of sulfonamides is 1. The summed E-state index contributed by atoms with van der Waals surface area (Å²) in [6, 6.07) is 6.16. The largest absolute Gasteiger partial charge is 0.338 e. The average Bonchev–Trinajstić information content (AvgIpc) is 2.44. The maximum Gasteiger partial charge on any atom is 0.253 e. The average molecular weight is 340 g/mol. The van der Waals surface area contributed by atoms with E-state index >= 15 is 0 Å². The fourth-order valence-corrected chi connectivity index (χ4v) is 3.19. The summed E-state index contributed by atoms with van der Waals surface area (Å²) < 4.78 is 25.3. The molecule has 0 aliphatic heterocycles. The second kappa shape index (κ2) is 7.93.